The van der Waals surface area contributed by atoms with Crippen LogP contribution in [0, 0.1) is 24.7 Å². The molecule has 1 saturated heterocycles. The normalized spacial score (nSPS) is 25.9. The molecule has 0 unspecified atom stereocenters. The first-order valence-electron chi connectivity index (χ1n) is 8.14. The van der Waals surface area contributed by atoms with Gasteiger partial charge in [-0.2, -0.15) is 0 Å². The van der Waals surface area contributed by atoms with Gasteiger partial charge < -0.3 is 10.6 Å². The number of rotatable bonds is 4. The molecule has 0 aromatic carbocycles. The van der Waals surface area contributed by atoms with Crippen LogP contribution in [0.5, 0.6) is 0 Å². The molecule has 23 heavy (non-hydrogen) atoms. The van der Waals surface area contributed by atoms with Crippen molar-refractivity contribution in [2.24, 2.45) is 17.8 Å². The number of fused-ring (bicyclic) bond motifs is 1. The van der Waals surface area contributed by atoms with E-state index in [4.69, 9.17) is 4.98 Å². The minimum atomic E-state index is 0. The summed E-state index contributed by atoms with van der Waals surface area (Å²) in [5, 5.41) is 7.79. The van der Waals surface area contributed by atoms with Gasteiger partial charge in [0.05, 0.1) is 0 Å². The van der Waals surface area contributed by atoms with Gasteiger partial charge in [-0.3, -0.25) is 0 Å². The average Bonchev–Trinajstić information content (AvgIpc) is 3.19. The van der Waals surface area contributed by atoms with E-state index in [0.29, 0.717) is 0 Å². The van der Waals surface area contributed by atoms with Crippen molar-refractivity contribution in [3.63, 3.8) is 0 Å². The Balaban J connectivity index is 0.00000156. The number of nitrogens with one attached hydrogen (secondary N) is 2. The lowest BCUT2D eigenvalue weighted by Crippen LogP contribution is -2.18. The molecule has 1 aliphatic heterocycles. The fourth-order valence-electron chi connectivity index (χ4n) is 3.97. The lowest BCUT2D eigenvalue weighted by Gasteiger charge is -2.17. The number of aryl methyl sites for hydroxylation is 1. The molecule has 0 amide bonds. The first kappa shape index (κ1) is 16.7. The van der Waals surface area contributed by atoms with Crippen molar-refractivity contribution < 1.29 is 0 Å². The highest BCUT2D eigenvalue weighted by atomic mass is 35.5. The highest BCUT2D eigenvalue weighted by Gasteiger charge is 2.38. The van der Waals surface area contributed by atoms with E-state index < -0.39 is 0 Å². The molecule has 4 rings (SSSR count). The molecule has 2 fully saturated rings. The highest BCUT2D eigenvalue weighted by molar-refractivity contribution is 7.15. The minimum absolute atomic E-state index is 0. The Bertz CT molecular complexity index is 660. The summed E-state index contributed by atoms with van der Waals surface area (Å²) in [5.74, 6) is 3.47. The molecule has 2 aromatic rings. The molecule has 2 N–H and O–H groups in total. The van der Waals surface area contributed by atoms with Crippen molar-refractivity contribution in [2.75, 3.05) is 18.4 Å². The minimum Gasteiger partial charge on any atom is -0.316 e. The lowest BCUT2D eigenvalue weighted by molar-refractivity contribution is 0.372. The Morgan fingerprint density at radius 1 is 1.30 bits per heavy atom. The molecule has 6 heteroatoms. The SMILES string of the molecule is Cc1cnc(Nc2cccc(C[C@H]3CC[C@@H]4CNC[C@@H]43)n2)s1.Cl. The maximum atomic E-state index is 4.79. The van der Waals surface area contributed by atoms with E-state index in [1.165, 1.54) is 36.5 Å². The van der Waals surface area contributed by atoms with Gasteiger partial charge >= 0.3 is 0 Å². The topological polar surface area (TPSA) is 49.8 Å². The third-order valence-corrected chi connectivity index (χ3v) is 5.87. The van der Waals surface area contributed by atoms with Gasteiger partial charge in [0.1, 0.15) is 5.82 Å². The Morgan fingerprint density at radius 2 is 2.22 bits per heavy atom. The van der Waals surface area contributed by atoms with Crippen molar-refractivity contribution in [1.82, 2.24) is 15.3 Å². The zero-order valence-corrected chi connectivity index (χ0v) is 14.9. The molecule has 1 aliphatic carbocycles. The Morgan fingerprint density at radius 3 is 3.04 bits per heavy atom. The van der Waals surface area contributed by atoms with Crippen molar-refractivity contribution in [3.05, 3.63) is 35.0 Å². The van der Waals surface area contributed by atoms with Gasteiger partial charge in [-0.25, -0.2) is 9.97 Å². The monoisotopic (exact) mass is 350 g/mol. The molecule has 0 radical (unpaired) electrons. The second-order valence-electron chi connectivity index (χ2n) is 6.54. The molecule has 0 bridgehead atoms. The summed E-state index contributed by atoms with van der Waals surface area (Å²) >= 11 is 1.66. The number of pyridine rings is 1. The van der Waals surface area contributed by atoms with Crippen LogP contribution in [0.3, 0.4) is 0 Å². The Labute approximate surface area is 147 Å². The van der Waals surface area contributed by atoms with E-state index in [1.54, 1.807) is 11.3 Å². The predicted molar refractivity (Wildman–Crippen MR) is 97.9 cm³/mol. The molecule has 1 saturated carbocycles. The number of nitrogens with zero attached hydrogens (tertiary/aromatic N) is 2. The third-order valence-electron chi connectivity index (χ3n) is 5.04. The van der Waals surface area contributed by atoms with Crippen LogP contribution in [0.4, 0.5) is 10.9 Å². The van der Waals surface area contributed by atoms with Crippen LogP contribution in [0.1, 0.15) is 23.4 Å². The second-order valence-corrected chi connectivity index (χ2v) is 7.77. The van der Waals surface area contributed by atoms with Crippen LogP contribution >= 0.6 is 23.7 Å². The summed E-state index contributed by atoms with van der Waals surface area (Å²) in [6, 6.07) is 6.28. The molecular weight excluding hydrogens is 328 g/mol. The van der Waals surface area contributed by atoms with Crippen LogP contribution in [-0.2, 0) is 6.42 Å². The number of hydrogen-bond acceptors (Lipinski definition) is 5. The van der Waals surface area contributed by atoms with E-state index in [2.05, 4.69) is 34.7 Å². The maximum Gasteiger partial charge on any atom is 0.188 e. The van der Waals surface area contributed by atoms with Gasteiger partial charge in [0, 0.05) is 16.8 Å². The molecule has 124 valence electrons. The third kappa shape index (κ3) is 3.67. The van der Waals surface area contributed by atoms with Gasteiger partial charge in [-0.1, -0.05) is 6.07 Å². The molecule has 4 nitrogen and oxygen atoms in total. The summed E-state index contributed by atoms with van der Waals surface area (Å²) in [6.07, 6.45) is 5.75. The van der Waals surface area contributed by atoms with Crippen molar-refractivity contribution in [3.8, 4) is 0 Å². The first-order chi connectivity index (χ1) is 10.8. The quantitative estimate of drug-likeness (QED) is 0.880. The van der Waals surface area contributed by atoms with Crippen molar-refractivity contribution >= 4 is 34.7 Å². The largest absolute Gasteiger partial charge is 0.316 e. The second kappa shape index (κ2) is 7.16. The Kier molecular flexibility index (Phi) is 5.19. The first-order valence-corrected chi connectivity index (χ1v) is 8.96. The summed E-state index contributed by atoms with van der Waals surface area (Å²) < 4.78 is 0. The summed E-state index contributed by atoms with van der Waals surface area (Å²) in [5.41, 5.74) is 1.20. The lowest BCUT2D eigenvalue weighted by atomic mass is 9.89. The number of anilines is 2. The van der Waals surface area contributed by atoms with E-state index in [0.717, 1.165) is 35.1 Å². The molecule has 3 atom stereocenters. The van der Waals surface area contributed by atoms with Crippen molar-refractivity contribution in [2.45, 2.75) is 26.2 Å². The van der Waals surface area contributed by atoms with E-state index >= 15 is 0 Å². The standard InChI is InChI=1S/C17H22N4S.ClH/c1-11-8-19-17(22-11)21-16-4-2-3-14(20-16)7-12-5-6-13-9-18-10-15(12)13;/h2-4,8,12-13,15,18H,5-7,9-10H2,1H3,(H,19,20,21);1H/t12-,13-,15-;/m1./s1. The van der Waals surface area contributed by atoms with Crippen LogP contribution in [-0.4, -0.2) is 23.1 Å². The number of thiazole rings is 1. The molecule has 0 spiro atoms. The van der Waals surface area contributed by atoms with E-state index in [-0.39, 0.29) is 12.4 Å². The molecule has 2 aromatic heterocycles. The van der Waals surface area contributed by atoms with Gasteiger partial charge in [0.15, 0.2) is 5.13 Å². The summed E-state index contributed by atoms with van der Waals surface area (Å²) in [6.45, 7) is 4.49. The van der Waals surface area contributed by atoms with Crippen LogP contribution in [0.25, 0.3) is 0 Å². The zero-order chi connectivity index (χ0) is 14.9. The van der Waals surface area contributed by atoms with E-state index in [1.807, 2.05) is 12.3 Å². The van der Waals surface area contributed by atoms with Gasteiger partial charge in [-0.05, 0) is 69.2 Å². The fourth-order valence-corrected chi connectivity index (χ4v) is 4.64. The Hall–Kier alpha value is -1.17. The highest BCUT2D eigenvalue weighted by Crippen LogP contribution is 2.40. The molecule has 3 heterocycles. The van der Waals surface area contributed by atoms with Crippen LogP contribution in [0.15, 0.2) is 24.4 Å². The smallest absolute Gasteiger partial charge is 0.188 e. The van der Waals surface area contributed by atoms with E-state index in [9.17, 15) is 0 Å². The van der Waals surface area contributed by atoms with Crippen LogP contribution < -0.4 is 10.6 Å². The number of halogens is 1. The van der Waals surface area contributed by atoms with Gasteiger partial charge in [0.2, 0.25) is 0 Å². The number of hydrogen-bond donors (Lipinski definition) is 2. The summed E-state index contributed by atoms with van der Waals surface area (Å²) in [4.78, 5) is 10.3. The fraction of sp³-hybridized carbons (Fsp3) is 0.529. The average molecular weight is 351 g/mol. The molecule has 2 aliphatic rings. The van der Waals surface area contributed by atoms with Gasteiger partial charge in [-0.15, -0.1) is 23.7 Å². The predicted octanol–water partition coefficient (Wildman–Crippen LogP) is 3.80. The number of aromatic nitrogens is 2. The maximum absolute atomic E-state index is 4.79. The van der Waals surface area contributed by atoms with Gasteiger partial charge in [0.25, 0.3) is 0 Å². The zero-order valence-electron chi connectivity index (χ0n) is 13.3. The van der Waals surface area contributed by atoms with Crippen LogP contribution in [0.2, 0.25) is 0 Å². The summed E-state index contributed by atoms with van der Waals surface area (Å²) in [7, 11) is 0. The molecular formula is C17H23ClN4S. The van der Waals surface area contributed by atoms with Crippen molar-refractivity contribution in [1.29, 1.82) is 0 Å².